The maximum absolute atomic E-state index is 5.93. The van der Waals surface area contributed by atoms with Crippen molar-refractivity contribution in [2.75, 3.05) is 0 Å². The third kappa shape index (κ3) is 3.32. The van der Waals surface area contributed by atoms with Gasteiger partial charge >= 0.3 is 0 Å². The molecule has 0 saturated carbocycles. The Kier molecular flexibility index (Phi) is 4.69. The van der Waals surface area contributed by atoms with Gasteiger partial charge in [0.05, 0.1) is 5.38 Å². The second-order valence-corrected chi connectivity index (χ2v) is 3.68. The Morgan fingerprint density at radius 1 is 1.22 bits per heavy atom. The summed E-state index contributed by atoms with van der Waals surface area (Å²) in [6.45, 7) is 6.22. The van der Waals surface area contributed by atoms with Gasteiger partial charge in [-0.25, -0.2) is 0 Å². The maximum Gasteiger partial charge on any atom is 0.0522 e. The van der Waals surface area contributed by atoms with E-state index in [9.17, 15) is 0 Å². The Bertz CT molecular complexity index is 71.3. The van der Waals surface area contributed by atoms with E-state index >= 15 is 0 Å². The average Bonchev–Trinajstić information content (AvgIpc) is 1.84. The molecule has 0 aliphatic heterocycles. The summed E-state index contributed by atoms with van der Waals surface area (Å²) in [4.78, 5) is 0. The summed E-state index contributed by atoms with van der Waals surface area (Å²) >= 11 is 11.8. The van der Waals surface area contributed by atoms with Crippen LogP contribution in [0.3, 0.4) is 0 Å². The van der Waals surface area contributed by atoms with E-state index in [0.29, 0.717) is 5.92 Å². The van der Waals surface area contributed by atoms with E-state index in [0.717, 1.165) is 6.42 Å². The van der Waals surface area contributed by atoms with Crippen molar-refractivity contribution in [3.8, 4) is 0 Å². The zero-order valence-electron chi connectivity index (χ0n) is 6.20. The van der Waals surface area contributed by atoms with E-state index in [1.54, 1.807) is 0 Å². The lowest BCUT2D eigenvalue weighted by Crippen LogP contribution is -2.19. The first-order valence-electron chi connectivity index (χ1n) is 3.37. The van der Waals surface area contributed by atoms with Crippen LogP contribution >= 0.6 is 23.2 Å². The minimum Gasteiger partial charge on any atom is -0.121 e. The lowest BCUT2D eigenvalue weighted by Gasteiger charge is -2.17. The van der Waals surface area contributed by atoms with Gasteiger partial charge in [0.1, 0.15) is 0 Å². The van der Waals surface area contributed by atoms with Crippen LogP contribution in [-0.2, 0) is 0 Å². The van der Waals surface area contributed by atoms with Gasteiger partial charge in [-0.15, -0.1) is 23.2 Å². The van der Waals surface area contributed by atoms with Gasteiger partial charge in [0.25, 0.3) is 0 Å². The minimum atomic E-state index is 0.122. The Morgan fingerprint density at radius 3 is 1.78 bits per heavy atom. The maximum atomic E-state index is 5.93. The highest BCUT2D eigenvalue weighted by Gasteiger charge is 2.17. The van der Waals surface area contributed by atoms with E-state index < -0.39 is 0 Å². The molecule has 0 aliphatic rings. The minimum absolute atomic E-state index is 0.122. The van der Waals surface area contributed by atoms with Crippen molar-refractivity contribution in [3.63, 3.8) is 0 Å². The Balaban J connectivity index is 3.58. The van der Waals surface area contributed by atoms with Gasteiger partial charge < -0.3 is 0 Å². The van der Waals surface area contributed by atoms with E-state index in [1.165, 1.54) is 0 Å². The van der Waals surface area contributed by atoms with Crippen LogP contribution in [0.2, 0.25) is 0 Å². The van der Waals surface area contributed by atoms with Crippen molar-refractivity contribution in [2.45, 2.75) is 37.9 Å². The van der Waals surface area contributed by atoms with Crippen molar-refractivity contribution in [2.24, 2.45) is 5.92 Å². The summed E-state index contributed by atoms with van der Waals surface area (Å²) in [6.07, 6.45) is 0.952. The monoisotopic (exact) mass is 168 g/mol. The third-order valence-electron chi connectivity index (χ3n) is 1.37. The predicted octanol–water partition coefficient (Wildman–Crippen LogP) is 3.27. The molecule has 2 heteroatoms. The van der Waals surface area contributed by atoms with E-state index in [1.807, 2.05) is 0 Å². The quantitative estimate of drug-likeness (QED) is 0.568. The van der Waals surface area contributed by atoms with E-state index in [2.05, 4.69) is 20.8 Å². The van der Waals surface area contributed by atoms with Gasteiger partial charge in [-0.3, -0.25) is 0 Å². The van der Waals surface area contributed by atoms with Gasteiger partial charge in [0.2, 0.25) is 0 Å². The van der Waals surface area contributed by atoms with Crippen LogP contribution in [0, 0.1) is 5.92 Å². The largest absolute Gasteiger partial charge is 0.121 e. The van der Waals surface area contributed by atoms with Crippen molar-refractivity contribution in [1.29, 1.82) is 0 Å². The summed E-state index contributed by atoms with van der Waals surface area (Å²) < 4.78 is 0. The SMILES string of the molecule is CCC(Cl)C(Cl)C(C)C. The normalized spacial score (nSPS) is 18.0. The first-order valence-corrected chi connectivity index (χ1v) is 4.25. The molecule has 2 unspecified atom stereocenters. The molecule has 0 bridgehead atoms. The van der Waals surface area contributed by atoms with Crippen LogP contribution in [0.15, 0.2) is 0 Å². The lowest BCUT2D eigenvalue weighted by molar-refractivity contribution is 0.565. The summed E-state index contributed by atoms with van der Waals surface area (Å²) in [7, 11) is 0. The lowest BCUT2D eigenvalue weighted by atomic mass is 10.1. The molecule has 0 saturated heterocycles. The predicted molar refractivity (Wildman–Crippen MR) is 44.4 cm³/mol. The average molecular weight is 169 g/mol. The number of hydrogen-bond acceptors (Lipinski definition) is 0. The third-order valence-corrected chi connectivity index (χ3v) is 2.89. The Labute approximate surface area is 67.5 Å². The van der Waals surface area contributed by atoms with Gasteiger partial charge in [0, 0.05) is 5.38 Å². The standard InChI is InChI=1S/C7H14Cl2/c1-4-6(8)7(9)5(2)3/h5-7H,4H2,1-3H3. The molecule has 9 heavy (non-hydrogen) atoms. The van der Waals surface area contributed by atoms with Gasteiger partial charge in [-0.2, -0.15) is 0 Å². The fourth-order valence-corrected chi connectivity index (χ4v) is 1.11. The highest BCUT2D eigenvalue weighted by atomic mass is 35.5. The topological polar surface area (TPSA) is 0 Å². The molecule has 0 rings (SSSR count). The van der Waals surface area contributed by atoms with Gasteiger partial charge in [-0.1, -0.05) is 20.8 Å². The molecular formula is C7H14Cl2. The molecule has 0 radical (unpaired) electrons. The highest BCUT2D eigenvalue weighted by Crippen LogP contribution is 2.20. The van der Waals surface area contributed by atoms with E-state index in [-0.39, 0.29) is 10.8 Å². The van der Waals surface area contributed by atoms with Crippen molar-refractivity contribution in [1.82, 2.24) is 0 Å². The number of halogens is 2. The van der Waals surface area contributed by atoms with Crippen LogP contribution in [0.25, 0.3) is 0 Å². The molecule has 0 aliphatic carbocycles. The molecule has 0 aromatic carbocycles. The molecule has 0 heterocycles. The van der Waals surface area contributed by atoms with E-state index in [4.69, 9.17) is 23.2 Å². The fraction of sp³-hybridized carbons (Fsp3) is 1.00. The van der Waals surface area contributed by atoms with Crippen LogP contribution in [0.5, 0.6) is 0 Å². The molecular weight excluding hydrogens is 155 g/mol. The highest BCUT2D eigenvalue weighted by molar-refractivity contribution is 6.30. The van der Waals surface area contributed by atoms with Gasteiger partial charge in [-0.05, 0) is 12.3 Å². The molecule has 0 spiro atoms. The molecule has 0 aromatic heterocycles. The number of rotatable bonds is 3. The second kappa shape index (κ2) is 4.40. The van der Waals surface area contributed by atoms with Crippen LogP contribution < -0.4 is 0 Å². The molecule has 0 aromatic rings. The molecule has 0 N–H and O–H groups in total. The Hall–Kier alpha value is 0.580. The van der Waals surface area contributed by atoms with Crippen LogP contribution in [-0.4, -0.2) is 10.8 Å². The van der Waals surface area contributed by atoms with Crippen molar-refractivity contribution < 1.29 is 0 Å². The smallest absolute Gasteiger partial charge is 0.0522 e. The fourth-order valence-electron chi connectivity index (χ4n) is 0.643. The molecule has 0 amide bonds. The molecule has 0 fully saturated rings. The first kappa shape index (κ1) is 9.58. The zero-order chi connectivity index (χ0) is 7.44. The first-order chi connectivity index (χ1) is 4.09. The Morgan fingerprint density at radius 2 is 1.67 bits per heavy atom. The molecule has 0 nitrogen and oxygen atoms in total. The number of alkyl halides is 2. The van der Waals surface area contributed by atoms with Gasteiger partial charge in [0.15, 0.2) is 0 Å². The van der Waals surface area contributed by atoms with Crippen LogP contribution in [0.1, 0.15) is 27.2 Å². The zero-order valence-corrected chi connectivity index (χ0v) is 7.71. The van der Waals surface area contributed by atoms with Crippen molar-refractivity contribution >= 4 is 23.2 Å². The molecule has 56 valence electrons. The van der Waals surface area contributed by atoms with Crippen molar-refractivity contribution in [3.05, 3.63) is 0 Å². The second-order valence-electron chi connectivity index (χ2n) is 2.61. The summed E-state index contributed by atoms with van der Waals surface area (Å²) in [5, 5.41) is 0.253. The summed E-state index contributed by atoms with van der Waals surface area (Å²) in [5.41, 5.74) is 0. The summed E-state index contributed by atoms with van der Waals surface area (Å²) in [6, 6.07) is 0. The van der Waals surface area contributed by atoms with Crippen LogP contribution in [0.4, 0.5) is 0 Å². The molecule has 2 atom stereocenters. The summed E-state index contributed by atoms with van der Waals surface area (Å²) in [5.74, 6) is 0.481. The number of hydrogen-bond donors (Lipinski definition) is 0.